The average molecular weight is 507 g/mol. The number of benzene rings is 1. The van der Waals surface area contributed by atoms with Crippen LogP contribution in [0.5, 0.6) is 0 Å². The van der Waals surface area contributed by atoms with Crippen molar-refractivity contribution in [2.24, 2.45) is 11.7 Å². The Hall–Kier alpha value is -3.66. The van der Waals surface area contributed by atoms with Crippen molar-refractivity contribution < 1.29 is 14.7 Å². The number of carboxylic acid groups (broad SMARTS) is 1. The van der Waals surface area contributed by atoms with Gasteiger partial charge in [0.25, 0.3) is 5.56 Å². The van der Waals surface area contributed by atoms with Crippen molar-refractivity contribution in [3.8, 4) is 0 Å². The molecule has 1 saturated heterocycles. The van der Waals surface area contributed by atoms with Crippen molar-refractivity contribution in [3.63, 3.8) is 0 Å². The fourth-order valence-corrected chi connectivity index (χ4v) is 5.87. The summed E-state index contributed by atoms with van der Waals surface area (Å²) >= 11 is 0. The molecular weight excluding hydrogens is 472 g/mol. The molecule has 2 aliphatic rings. The van der Waals surface area contributed by atoms with Gasteiger partial charge < -0.3 is 24.9 Å². The molecule has 2 amide bonds. The van der Waals surface area contributed by atoms with Crippen molar-refractivity contribution in [3.05, 3.63) is 57.8 Å². The quantitative estimate of drug-likeness (QED) is 0.507. The molecule has 0 saturated carbocycles. The lowest BCUT2D eigenvalue weighted by atomic mass is 9.94. The number of primary amides is 1. The van der Waals surface area contributed by atoms with Gasteiger partial charge in [0.1, 0.15) is 5.82 Å². The summed E-state index contributed by atoms with van der Waals surface area (Å²) in [6.07, 6.45) is 3.67. The van der Waals surface area contributed by atoms with Gasteiger partial charge in [-0.2, -0.15) is 0 Å². The van der Waals surface area contributed by atoms with Crippen LogP contribution in [0.4, 0.5) is 10.5 Å². The Morgan fingerprint density at radius 2 is 2.00 bits per heavy atom. The van der Waals surface area contributed by atoms with Crippen LogP contribution in [0.15, 0.2) is 35.3 Å². The molecule has 196 valence electrons. The second-order valence-electron chi connectivity index (χ2n) is 10.3. The Morgan fingerprint density at radius 3 is 2.70 bits per heavy atom. The second kappa shape index (κ2) is 10.0. The number of amides is 2. The highest BCUT2D eigenvalue weighted by atomic mass is 16.4. The van der Waals surface area contributed by atoms with E-state index in [4.69, 9.17) is 10.7 Å². The molecule has 10 nitrogen and oxygen atoms in total. The number of aromatic nitrogens is 3. The Labute approximate surface area is 215 Å². The van der Waals surface area contributed by atoms with E-state index in [0.717, 1.165) is 66.0 Å². The minimum Gasteiger partial charge on any atom is -0.465 e. The Balaban J connectivity index is 1.53. The summed E-state index contributed by atoms with van der Waals surface area (Å²) in [5.74, 6) is 0.513. The summed E-state index contributed by atoms with van der Waals surface area (Å²) in [4.78, 5) is 44.8. The van der Waals surface area contributed by atoms with Crippen LogP contribution in [-0.2, 0) is 30.7 Å². The van der Waals surface area contributed by atoms with Gasteiger partial charge in [-0.05, 0) is 57.4 Å². The lowest BCUT2D eigenvalue weighted by Crippen LogP contribution is -2.41. The summed E-state index contributed by atoms with van der Waals surface area (Å²) in [5, 5.41) is 9.91. The zero-order chi connectivity index (χ0) is 26.3. The van der Waals surface area contributed by atoms with Crippen LogP contribution in [0.3, 0.4) is 0 Å². The first-order chi connectivity index (χ1) is 17.7. The van der Waals surface area contributed by atoms with Gasteiger partial charge in [-0.15, -0.1) is 0 Å². The molecule has 2 atom stereocenters. The van der Waals surface area contributed by atoms with E-state index in [1.54, 1.807) is 22.9 Å². The summed E-state index contributed by atoms with van der Waals surface area (Å²) in [5.41, 5.74) is 9.99. The molecule has 1 fully saturated rings. The number of rotatable bonds is 7. The van der Waals surface area contributed by atoms with E-state index in [2.05, 4.69) is 9.47 Å². The van der Waals surface area contributed by atoms with Crippen molar-refractivity contribution in [1.29, 1.82) is 0 Å². The summed E-state index contributed by atoms with van der Waals surface area (Å²) in [6, 6.07) is 7.00. The number of pyridine rings is 1. The van der Waals surface area contributed by atoms with E-state index >= 15 is 0 Å². The summed E-state index contributed by atoms with van der Waals surface area (Å²) < 4.78 is 3.90. The minimum atomic E-state index is -0.951. The Kier molecular flexibility index (Phi) is 6.76. The van der Waals surface area contributed by atoms with Crippen LogP contribution in [0, 0.1) is 12.8 Å². The maximum absolute atomic E-state index is 12.3. The molecule has 2 unspecified atom stereocenters. The second-order valence-corrected chi connectivity index (χ2v) is 10.3. The van der Waals surface area contributed by atoms with Crippen LogP contribution in [0.2, 0.25) is 0 Å². The first-order valence-corrected chi connectivity index (χ1v) is 13.0. The van der Waals surface area contributed by atoms with Gasteiger partial charge >= 0.3 is 6.09 Å². The molecule has 5 rings (SSSR count). The van der Waals surface area contributed by atoms with Crippen LogP contribution < -0.4 is 16.2 Å². The first-order valence-electron chi connectivity index (χ1n) is 13.0. The molecule has 10 heteroatoms. The van der Waals surface area contributed by atoms with Crippen LogP contribution in [0.1, 0.15) is 36.7 Å². The zero-order valence-corrected chi connectivity index (χ0v) is 21.4. The number of hydrogen-bond donors (Lipinski definition) is 2. The fraction of sp³-hybridized carbons (Fsp3) is 0.481. The predicted molar refractivity (Wildman–Crippen MR) is 141 cm³/mol. The molecular formula is C27H34N6O4. The number of anilines is 1. The monoisotopic (exact) mass is 506 g/mol. The standard InChI is InChI=1S/C27H34N6O4/c1-17-15-21-20(7-6-18(2)33(21)27(36)37)24-25(17)32(14-13-30-11-8-19(16-30)26(28)35)22(29-24)9-12-31-10-4-3-5-23(31)34/h3-5,10,15,18-19H,6-9,11-14,16H2,1-2H3,(H2,28,35)(H,36,37). The number of nitrogens with two attached hydrogens (primary N) is 1. The van der Waals surface area contributed by atoms with Crippen LogP contribution in [0.25, 0.3) is 11.0 Å². The number of hydrogen-bond acceptors (Lipinski definition) is 5. The molecule has 0 radical (unpaired) electrons. The van der Waals surface area contributed by atoms with E-state index in [-0.39, 0.29) is 23.4 Å². The van der Waals surface area contributed by atoms with Gasteiger partial charge in [-0.3, -0.25) is 14.5 Å². The van der Waals surface area contributed by atoms with E-state index < -0.39 is 6.09 Å². The molecule has 0 bridgehead atoms. The fourth-order valence-electron chi connectivity index (χ4n) is 5.87. The number of nitrogens with zero attached hydrogens (tertiary/aromatic N) is 5. The smallest absolute Gasteiger partial charge is 0.412 e. The van der Waals surface area contributed by atoms with Gasteiger partial charge in [0.15, 0.2) is 0 Å². The molecule has 3 N–H and O–H groups in total. The third-order valence-corrected chi connectivity index (χ3v) is 7.88. The zero-order valence-electron chi connectivity index (χ0n) is 21.4. The molecule has 2 aromatic heterocycles. The summed E-state index contributed by atoms with van der Waals surface area (Å²) in [6.45, 7) is 7.36. The SMILES string of the molecule is Cc1cc2c(c3nc(CCn4ccccc4=O)n(CCN4CCC(C(N)=O)C4)c13)CCC(C)N2C(=O)O. The van der Waals surface area contributed by atoms with Crippen molar-refractivity contribution >= 4 is 28.7 Å². The molecule has 0 spiro atoms. The molecule has 4 heterocycles. The lowest BCUT2D eigenvalue weighted by Gasteiger charge is -2.33. The van der Waals surface area contributed by atoms with Gasteiger partial charge in [-0.25, -0.2) is 9.78 Å². The first kappa shape index (κ1) is 25.0. The minimum absolute atomic E-state index is 0.0561. The van der Waals surface area contributed by atoms with Crippen LogP contribution in [-0.4, -0.2) is 61.8 Å². The number of carbonyl (C=O) groups is 2. The molecule has 1 aromatic carbocycles. The average Bonchev–Trinajstić information content (AvgIpc) is 3.47. The van der Waals surface area contributed by atoms with Gasteiger partial charge in [0.05, 0.1) is 22.6 Å². The number of carbonyl (C=O) groups excluding carboxylic acids is 1. The lowest BCUT2D eigenvalue weighted by molar-refractivity contribution is -0.121. The molecule has 2 aliphatic heterocycles. The van der Waals surface area contributed by atoms with Gasteiger partial charge in [0.2, 0.25) is 5.91 Å². The third-order valence-electron chi connectivity index (χ3n) is 7.88. The largest absolute Gasteiger partial charge is 0.465 e. The van der Waals surface area contributed by atoms with Gasteiger partial charge in [0, 0.05) is 56.5 Å². The molecule has 3 aromatic rings. The number of imidazole rings is 1. The number of likely N-dealkylation sites (tertiary alicyclic amines) is 1. The molecule has 0 aliphatic carbocycles. The highest BCUT2D eigenvalue weighted by molar-refractivity contribution is 5.96. The topological polar surface area (TPSA) is 127 Å². The maximum atomic E-state index is 12.3. The number of fused-ring (bicyclic) bond motifs is 3. The summed E-state index contributed by atoms with van der Waals surface area (Å²) in [7, 11) is 0. The van der Waals surface area contributed by atoms with E-state index in [1.165, 1.54) is 4.90 Å². The van der Waals surface area contributed by atoms with Crippen molar-refractivity contribution in [1.82, 2.24) is 19.0 Å². The number of aryl methyl sites for hydroxylation is 4. The molecule has 37 heavy (non-hydrogen) atoms. The Bertz CT molecular complexity index is 1410. The predicted octanol–water partition coefficient (Wildman–Crippen LogP) is 2.38. The third kappa shape index (κ3) is 4.73. The highest BCUT2D eigenvalue weighted by Gasteiger charge is 2.32. The van der Waals surface area contributed by atoms with E-state index in [0.29, 0.717) is 26.1 Å². The van der Waals surface area contributed by atoms with Crippen molar-refractivity contribution in [2.45, 2.75) is 58.7 Å². The Morgan fingerprint density at radius 1 is 1.19 bits per heavy atom. The highest BCUT2D eigenvalue weighted by Crippen LogP contribution is 2.38. The maximum Gasteiger partial charge on any atom is 0.412 e. The van der Waals surface area contributed by atoms with E-state index in [9.17, 15) is 19.5 Å². The van der Waals surface area contributed by atoms with Crippen LogP contribution >= 0.6 is 0 Å². The van der Waals surface area contributed by atoms with Crippen molar-refractivity contribution in [2.75, 3.05) is 24.5 Å². The normalized spacial score (nSPS) is 19.9. The van der Waals surface area contributed by atoms with E-state index in [1.807, 2.05) is 26.0 Å². The van der Waals surface area contributed by atoms with Gasteiger partial charge in [-0.1, -0.05) is 6.07 Å².